The van der Waals surface area contributed by atoms with Crippen molar-refractivity contribution < 1.29 is 0 Å². The Labute approximate surface area is 112 Å². The van der Waals surface area contributed by atoms with Crippen LogP contribution in [0.3, 0.4) is 0 Å². The Bertz CT molecular complexity index is 713. The second-order valence-corrected chi connectivity index (χ2v) is 4.83. The fourth-order valence-electron chi connectivity index (χ4n) is 2.46. The van der Waals surface area contributed by atoms with Crippen molar-refractivity contribution in [2.45, 2.75) is 26.8 Å². The lowest BCUT2D eigenvalue weighted by Gasteiger charge is -2.08. The Kier molecular flexibility index (Phi) is 3.03. The average molecular weight is 251 g/mol. The van der Waals surface area contributed by atoms with Crippen LogP contribution in [0.2, 0.25) is 0 Å². The van der Waals surface area contributed by atoms with Crippen molar-refractivity contribution >= 4 is 11.0 Å². The number of fused-ring (bicyclic) bond motifs is 1. The summed E-state index contributed by atoms with van der Waals surface area (Å²) in [5, 5.41) is 0. The van der Waals surface area contributed by atoms with Gasteiger partial charge in [-0.2, -0.15) is 0 Å². The number of imidazole rings is 1. The number of hydrogen-bond acceptors (Lipinski definition) is 2. The molecule has 19 heavy (non-hydrogen) atoms. The fraction of sp³-hybridized carbons (Fsp3) is 0.250. The topological polar surface area (TPSA) is 30.7 Å². The molecule has 0 aliphatic rings. The van der Waals surface area contributed by atoms with E-state index in [1.165, 1.54) is 16.6 Å². The van der Waals surface area contributed by atoms with E-state index < -0.39 is 0 Å². The molecule has 0 radical (unpaired) electrons. The van der Waals surface area contributed by atoms with Crippen molar-refractivity contribution in [3.05, 3.63) is 59.7 Å². The van der Waals surface area contributed by atoms with Gasteiger partial charge in [0.15, 0.2) is 0 Å². The summed E-state index contributed by atoms with van der Waals surface area (Å²) < 4.78 is 2.28. The Morgan fingerprint density at radius 2 is 2.00 bits per heavy atom. The van der Waals surface area contributed by atoms with Gasteiger partial charge in [-0.05, 0) is 30.2 Å². The summed E-state index contributed by atoms with van der Waals surface area (Å²) >= 11 is 0. The summed E-state index contributed by atoms with van der Waals surface area (Å²) in [4.78, 5) is 8.96. The molecule has 0 atom stereocenters. The lowest BCUT2D eigenvalue weighted by molar-refractivity contribution is 0.750. The molecule has 0 amide bonds. The molecule has 0 saturated heterocycles. The second kappa shape index (κ2) is 4.84. The maximum absolute atomic E-state index is 4.69. The molecule has 96 valence electrons. The molecule has 2 heterocycles. The molecule has 3 heteroatoms. The van der Waals surface area contributed by atoms with Gasteiger partial charge in [0.25, 0.3) is 0 Å². The quantitative estimate of drug-likeness (QED) is 0.714. The average Bonchev–Trinajstić information content (AvgIpc) is 2.77. The zero-order valence-electron chi connectivity index (χ0n) is 11.3. The zero-order valence-corrected chi connectivity index (χ0v) is 11.3. The predicted octanol–water partition coefficient (Wildman–Crippen LogP) is 3.35. The number of pyridine rings is 1. The maximum Gasteiger partial charge on any atom is 0.109 e. The van der Waals surface area contributed by atoms with Crippen molar-refractivity contribution in [1.29, 1.82) is 0 Å². The van der Waals surface area contributed by atoms with E-state index >= 15 is 0 Å². The van der Waals surface area contributed by atoms with Gasteiger partial charge in [0.1, 0.15) is 5.82 Å². The van der Waals surface area contributed by atoms with E-state index in [2.05, 4.69) is 47.7 Å². The lowest BCUT2D eigenvalue weighted by Crippen LogP contribution is -2.04. The third-order valence-corrected chi connectivity index (χ3v) is 3.32. The normalized spacial score (nSPS) is 11.1. The molecular weight excluding hydrogens is 234 g/mol. The molecule has 0 fully saturated rings. The molecule has 0 bridgehead atoms. The van der Waals surface area contributed by atoms with Crippen LogP contribution in [0.25, 0.3) is 11.0 Å². The smallest absolute Gasteiger partial charge is 0.109 e. The van der Waals surface area contributed by atoms with Crippen molar-refractivity contribution in [3.63, 3.8) is 0 Å². The van der Waals surface area contributed by atoms with Gasteiger partial charge >= 0.3 is 0 Å². The highest BCUT2D eigenvalue weighted by Gasteiger charge is 2.09. The Hall–Kier alpha value is -2.16. The summed E-state index contributed by atoms with van der Waals surface area (Å²) in [5.41, 5.74) is 4.68. The van der Waals surface area contributed by atoms with Gasteiger partial charge in [-0.15, -0.1) is 0 Å². The SMILES string of the molecule is CCc1nc2ccccc2n1Cc1cncc(C)c1. The molecule has 0 unspecified atom stereocenters. The van der Waals surface area contributed by atoms with Gasteiger partial charge < -0.3 is 4.57 Å². The summed E-state index contributed by atoms with van der Waals surface area (Å²) in [6.45, 7) is 5.05. The third-order valence-electron chi connectivity index (χ3n) is 3.32. The van der Waals surface area contributed by atoms with Crippen LogP contribution in [0.1, 0.15) is 23.9 Å². The highest BCUT2D eigenvalue weighted by Crippen LogP contribution is 2.18. The van der Waals surface area contributed by atoms with Crippen molar-refractivity contribution in [2.75, 3.05) is 0 Å². The molecule has 0 saturated carbocycles. The summed E-state index contributed by atoms with van der Waals surface area (Å²) in [7, 11) is 0. The van der Waals surface area contributed by atoms with Crippen LogP contribution in [-0.2, 0) is 13.0 Å². The summed E-state index contributed by atoms with van der Waals surface area (Å²) in [5.74, 6) is 1.13. The first-order chi connectivity index (χ1) is 9.28. The van der Waals surface area contributed by atoms with Gasteiger partial charge in [-0.25, -0.2) is 4.98 Å². The van der Waals surface area contributed by atoms with Gasteiger partial charge in [0.2, 0.25) is 0 Å². The minimum absolute atomic E-state index is 0.832. The Morgan fingerprint density at radius 3 is 2.79 bits per heavy atom. The molecule has 3 aromatic rings. The first-order valence-corrected chi connectivity index (χ1v) is 6.62. The standard InChI is InChI=1S/C16H17N3/c1-3-16-18-14-6-4-5-7-15(14)19(16)11-13-8-12(2)9-17-10-13/h4-10H,3,11H2,1-2H3. The van der Waals surface area contributed by atoms with Gasteiger partial charge in [0.05, 0.1) is 17.6 Å². The number of aromatic nitrogens is 3. The Balaban J connectivity index is 2.08. The van der Waals surface area contributed by atoms with Crippen LogP contribution < -0.4 is 0 Å². The molecule has 2 aromatic heterocycles. The highest BCUT2D eigenvalue weighted by atomic mass is 15.1. The number of nitrogens with zero attached hydrogens (tertiary/aromatic N) is 3. The molecule has 0 spiro atoms. The molecule has 0 aliphatic heterocycles. The molecular formula is C16H17N3. The maximum atomic E-state index is 4.69. The molecule has 0 N–H and O–H groups in total. The van der Waals surface area contributed by atoms with Crippen LogP contribution in [0.15, 0.2) is 42.7 Å². The minimum Gasteiger partial charge on any atom is -0.323 e. The summed E-state index contributed by atoms with van der Waals surface area (Å²) in [6.07, 6.45) is 4.76. The fourth-order valence-corrected chi connectivity index (χ4v) is 2.46. The van der Waals surface area contributed by atoms with Gasteiger partial charge in [0, 0.05) is 18.8 Å². The highest BCUT2D eigenvalue weighted by molar-refractivity contribution is 5.76. The molecule has 0 aliphatic carbocycles. The van der Waals surface area contributed by atoms with E-state index in [4.69, 9.17) is 4.98 Å². The van der Waals surface area contributed by atoms with Gasteiger partial charge in [-0.3, -0.25) is 4.98 Å². The molecule has 3 rings (SSSR count). The molecule has 1 aromatic carbocycles. The van der Waals surface area contributed by atoms with E-state index in [0.717, 1.165) is 24.3 Å². The number of benzene rings is 1. The lowest BCUT2D eigenvalue weighted by atomic mass is 10.2. The number of para-hydroxylation sites is 2. The van der Waals surface area contributed by atoms with Crippen LogP contribution in [0.4, 0.5) is 0 Å². The van der Waals surface area contributed by atoms with Gasteiger partial charge in [-0.1, -0.05) is 25.1 Å². The van der Waals surface area contributed by atoms with E-state index in [0.29, 0.717) is 0 Å². The number of aryl methyl sites for hydroxylation is 2. The van der Waals surface area contributed by atoms with Crippen LogP contribution in [0, 0.1) is 6.92 Å². The van der Waals surface area contributed by atoms with Crippen LogP contribution in [-0.4, -0.2) is 14.5 Å². The minimum atomic E-state index is 0.832. The Morgan fingerprint density at radius 1 is 1.16 bits per heavy atom. The zero-order chi connectivity index (χ0) is 13.2. The monoisotopic (exact) mass is 251 g/mol. The van der Waals surface area contributed by atoms with E-state index in [1.54, 1.807) is 0 Å². The second-order valence-electron chi connectivity index (χ2n) is 4.83. The van der Waals surface area contributed by atoms with E-state index in [-0.39, 0.29) is 0 Å². The van der Waals surface area contributed by atoms with Crippen molar-refractivity contribution in [3.8, 4) is 0 Å². The molecule has 3 nitrogen and oxygen atoms in total. The van der Waals surface area contributed by atoms with E-state index in [1.807, 2.05) is 18.5 Å². The third kappa shape index (κ3) is 2.24. The van der Waals surface area contributed by atoms with Crippen molar-refractivity contribution in [1.82, 2.24) is 14.5 Å². The van der Waals surface area contributed by atoms with E-state index in [9.17, 15) is 0 Å². The largest absolute Gasteiger partial charge is 0.323 e. The van der Waals surface area contributed by atoms with Crippen LogP contribution in [0.5, 0.6) is 0 Å². The van der Waals surface area contributed by atoms with Crippen LogP contribution >= 0.6 is 0 Å². The predicted molar refractivity (Wildman–Crippen MR) is 77.2 cm³/mol. The first kappa shape index (κ1) is 11.9. The van der Waals surface area contributed by atoms with Crippen molar-refractivity contribution in [2.24, 2.45) is 0 Å². The first-order valence-electron chi connectivity index (χ1n) is 6.62. The number of hydrogen-bond donors (Lipinski definition) is 0. The summed E-state index contributed by atoms with van der Waals surface area (Å²) in [6, 6.07) is 10.5. The number of rotatable bonds is 3.